The minimum Gasteiger partial charge on any atom is -0.370 e. The van der Waals surface area contributed by atoms with Crippen molar-refractivity contribution in [1.82, 2.24) is 10.3 Å². The molecule has 0 radical (unpaired) electrons. The Morgan fingerprint density at radius 2 is 1.91 bits per heavy atom. The summed E-state index contributed by atoms with van der Waals surface area (Å²) in [5, 5.41) is 11.8. The number of anilines is 2. The Balaban J connectivity index is 1.91. The highest BCUT2D eigenvalue weighted by atomic mass is 35.5. The van der Waals surface area contributed by atoms with Crippen LogP contribution >= 0.6 is 11.6 Å². The number of aromatic nitrogens is 1. The van der Waals surface area contributed by atoms with Gasteiger partial charge in [0.1, 0.15) is 11.6 Å². The summed E-state index contributed by atoms with van der Waals surface area (Å²) in [7, 11) is 0. The zero-order valence-electron chi connectivity index (χ0n) is 17.6. The SMILES string of the molecule is Cc1nc(N2CCCC(F)(F)CC2)c(C(=O)Nc2ccc(F)c(C(=O)NC(=N)N)c2)cc1Cl. The standard InChI is InChI=1S/C21H22ClF3N6O2/c1-11-15(22)10-14(17(28-11)31-7-2-5-21(24,25)6-8-31)19(33)29-12-3-4-16(23)13(9-12)18(32)30-20(26)27/h3-4,9-10H,2,5-8H2,1H3,(H,29,33)(H4,26,27,30,32). The van der Waals surface area contributed by atoms with Gasteiger partial charge in [-0.1, -0.05) is 11.6 Å². The number of hydrogen-bond donors (Lipinski definition) is 4. The number of carbonyl (C=O) groups excluding carboxylic acids is 2. The zero-order valence-corrected chi connectivity index (χ0v) is 18.4. The number of carbonyl (C=O) groups is 2. The molecule has 0 spiro atoms. The molecule has 5 N–H and O–H groups in total. The lowest BCUT2D eigenvalue weighted by Crippen LogP contribution is -2.36. The minimum absolute atomic E-state index is 0.00721. The second kappa shape index (κ2) is 9.65. The Morgan fingerprint density at radius 3 is 2.61 bits per heavy atom. The maximum absolute atomic E-state index is 14.1. The van der Waals surface area contributed by atoms with Gasteiger partial charge in [-0.05, 0) is 37.6 Å². The van der Waals surface area contributed by atoms with Crippen LogP contribution in [-0.4, -0.2) is 41.8 Å². The topological polar surface area (TPSA) is 124 Å². The van der Waals surface area contributed by atoms with Gasteiger partial charge in [0.15, 0.2) is 5.96 Å². The largest absolute Gasteiger partial charge is 0.370 e. The number of alkyl halides is 2. The van der Waals surface area contributed by atoms with E-state index in [1.807, 2.05) is 5.32 Å². The van der Waals surface area contributed by atoms with Crippen LogP contribution in [0.2, 0.25) is 5.02 Å². The normalized spacial score (nSPS) is 15.5. The summed E-state index contributed by atoms with van der Waals surface area (Å²) in [5.74, 6) is -5.74. The lowest BCUT2D eigenvalue weighted by atomic mass is 10.1. The number of pyridine rings is 1. The second-order valence-electron chi connectivity index (χ2n) is 7.64. The van der Waals surface area contributed by atoms with E-state index in [1.54, 1.807) is 11.8 Å². The molecular weight excluding hydrogens is 461 g/mol. The molecule has 176 valence electrons. The molecule has 0 aliphatic carbocycles. The first-order chi connectivity index (χ1) is 15.5. The predicted octanol–water partition coefficient (Wildman–Crippen LogP) is 3.68. The van der Waals surface area contributed by atoms with Crippen LogP contribution in [0.25, 0.3) is 0 Å². The first-order valence-corrected chi connectivity index (χ1v) is 10.4. The number of guanidine groups is 1. The average Bonchev–Trinajstić information content (AvgIpc) is 2.91. The van der Waals surface area contributed by atoms with Crippen LogP contribution in [0, 0.1) is 18.2 Å². The van der Waals surface area contributed by atoms with Gasteiger partial charge in [-0.2, -0.15) is 0 Å². The van der Waals surface area contributed by atoms with Gasteiger partial charge in [0, 0.05) is 31.6 Å². The quantitative estimate of drug-likeness (QED) is 0.391. The molecule has 12 heteroatoms. The number of hydrogen-bond acceptors (Lipinski definition) is 5. The smallest absolute Gasteiger partial charge is 0.260 e. The van der Waals surface area contributed by atoms with Crippen molar-refractivity contribution in [3.63, 3.8) is 0 Å². The van der Waals surface area contributed by atoms with E-state index >= 15 is 0 Å². The number of nitrogens with one attached hydrogen (secondary N) is 3. The van der Waals surface area contributed by atoms with E-state index in [4.69, 9.17) is 22.7 Å². The van der Waals surface area contributed by atoms with Gasteiger partial charge >= 0.3 is 0 Å². The summed E-state index contributed by atoms with van der Waals surface area (Å²) in [6, 6.07) is 4.70. The van der Waals surface area contributed by atoms with Crippen LogP contribution in [0.3, 0.4) is 0 Å². The molecule has 2 amide bonds. The van der Waals surface area contributed by atoms with Crippen molar-refractivity contribution in [2.75, 3.05) is 23.3 Å². The van der Waals surface area contributed by atoms with Crippen molar-refractivity contribution in [3.8, 4) is 0 Å². The molecule has 0 bridgehead atoms. The van der Waals surface area contributed by atoms with Gasteiger partial charge in [0.2, 0.25) is 5.92 Å². The van der Waals surface area contributed by atoms with E-state index in [0.29, 0.717) is 5.69 Å². The van der Waals surface area contributed by atoms with Crippen molar-refractivity contribution >= 4 is 40.9 Å². The fourth-order valence-electron chi connectivity index (χ4n) is 3.42. The molecule has 2 aromatic rings. The Hall–Kier alpha value is -3.34. The third-order valence-corrected chi connectivity index (χ3v) is 5.49. The van der Waals surface area contributed by atoms with E-state index in [-0.39, 0.29) is 54.4 Å². The molecule has 1 fully saturated rings. The maximum atomic E-state index is 14.1. The van der Waals surface area contributed by atoms with Crippen LogP contribution in [0.4, 0.5) is 24.7 Å². The second-order valence-corrected chi connectivity index (χ2v) is 8.05. The predicted molar refractivity (Wildman–Crippen MR) is 119 cm³/mol. The van der Waals surface area contributed by atoms with Crippen molar-refractivity contribution in [2.45, 2.75) is 32.1 Å². The lowest BCUT2D eigenvalue weighted by molar-refractivity contribution is -0.0102. The number of rotatable bonds is 4. The van der Waals surface area contributed by atoms with Crippen molar-refractivity contribution < 1.29 is 22.8 Å². The summed E-state index contributed by atoms with van der Waals surface area (Å²) in [5.41, 5.74) is 5.24. The molecule has 33 heavy (non-hydrogen) atoms. The van der Waals surface area contributed by atoms with Crippen LogP contribution in [-0.2, 0) is 0 Å². The highest BCUT2D eigenvalue weighted by Gasteiger charge is 2.33. The number of aryl methyl sites for hydroxylation is 1. The van der Waals surface area contributed by atoms with Crippen molar-refractivity contribution in [3.05, 3.63) is 51.9 Å². The highest BCUT2D eigenvalue weighted by molar-refractivity contribution is 6.31. The minimum atomic E-state index is -2.79. The Bertz CT molecular complexity index is 1110. The molecule has 1 aliphatic rings. The number of amides is 2. The zero-order chi connectivity index (χ0) is 24.3. The van der Waals surface area contributed by atoms with Crippen LogP contribution in [0.15, 0.2) is 24.3 Å². The third-order valence-electron chi connectivity index (χ3n) is 5.11. The van der Waals surface area contributed by atoms with Gasteiger partial charge in [0.25, 0.3) is 11.8 Å². The first-order valence-electron chi connectivity index (χ1n) is 10.0. The monoisotopic (exact) mass is 482 g/mol. The summed E-state index contributed by atoms with van der Waals surface area (Å²) in [6.45, 7) is 1.93. The van der Waals surface area contributed by atoms with Gasteiger partial charge in [-0.25, -0.2) is 18.2 Å². The summed E-state index contributed by atoms with van der Waals surface area (Å²) in [4.78, 5) is 31.1. The van der Waals surface area contributed by atoms with Crippen LogP contribution in [0.1, 0.15) is 45.7 Å². The fraction of sp³-hybridized carbons (Fsp3) is 0.333. The van der Waals surface area contributed by atoms with Gasteiger partial charge in [0.05, 0.1) is 21.8 Å². The molecule has 3 rings (SSSR count). The molecule has 8 nitrogen and oxygen atoms in total. The number of nitrogens with two attached hydrogens (primary N) is 1. The van der Waals surface area contributed by atoms with E-state index in [9.17, 15) is 22.8 Å². The molecule has 0 saturated carbocycles. The first kappa shape index (κ1) is 24.3. The van der Waals surface area contributed by atoms with Gasteiger partial charge in [-0.3, -0.25) is 20.3 Å². The summed E-state index contributed by atoms with van der Waals surface area (Å²) in [6.07, 6.45) is -0.397. The van der Waals surface area contributed by atoms with Crippen molar-refractivity contribution in [2.24, 2.45) is 5.73 Å². The molecule has 2 heterocycles. The third kappa shape index (κ3) is 5.92. The molecule has 1 aromatic carbocycles. The highest BCUT2D eigenvalue weighted by Crippen LogP contribution is 2.32. The van der Waals surface area contributed by atoms with Crippen LogP contribution < -0.4 is 21.3 Å². The van der Waals surface area contributed by atoms with Crippen LogP contribution in [0.5, 0.6) is 0 Å². The Morgan fingerprint density at radius 1 is 1.18 bits per heavy atom. The molecule has 1 saturated heterocycles. The number of halogens is 4. The lowest BCUT2D eigenvalue weighted by Gasteiger charge is -2.24. The fourth-order valence-corrected chi connectivity index (χ4v) is 3.57. The molecule has 1 aliphatic heterocycles. The molecule has 1 aromatic heterocycles. The van der Waals surface area contributed by atoms with E-state index in [1.165, 1.54) is 12.1 Å². The van der Waals surface area contributed by atoms with Gasteiger partial charge in [-0.15, -0.1) is 0 Å². The summed E-state index contributed by atoms with van der Waals surface area (Å²) >= 11 is 6.17. The maximum Gasteiger partial charge on any atom is 0.260 e. The summed E-state index contributed by atoms with van der Waals surface area (Å²) < 4.78 is 41.7. The van der Waals surface area contributed by atoms with E-state index in [0.717, 1.165) is 12.1 Å². The molecule has 0 unspecified atom stereocenters. The average molecular weight is 483 g/mol. The van der Waals surface area contributed by atoms with Crippen molar-refractivity contribution in [1.29, 1.82) is 5.41 Å². The van der Waals surface area contributed by atoms with E-state index in [2.05, 4.69) is 10.3 Å². The number of nitrogens with zero attached hydrogens (tertiary/aromatic N) is 2. The Labute approximate surface area is 192 Å². The Kier molecular flexibility index (Phi) is 7.11. The van der Waals surface area contributed by atoms with Gasteiger partial charge < -0.3 is 16.0 Å². The molecule has 0 atom stereocenters. The molecular formula is C21H22ClF3N6O2. The number of benzene rings is 1. The van der Waals surface area contributed by atoms with E-state index < -0.39 is 35.1 Å².